The molecule has 27 heavy (non-hydrogen) atoms. The predicted molar refractivity (Wildman–Crippen MR) is 104 cm³/mol. The number of nitrogens with one attached hydrogen (secondary N) is 1. The molecular formula is C21H20N4O2. The van der Waals surface area contributed by atoms with E-state index in [4.69, 9.17) is 0 Å². The number of fused-ring (bicyclic) bond motifs is 1. The summed E-state index contributed by atoms with van der Waals surface area (Å²) < 4.78 is 0. The zero-order valence-electron chi connectivity index (χ0n) is 15.1. The van der Waals surface area contributed by atoms with Crippen LogP contribution >= 0.6 is 0 Å². The molecule has 6 heteroatoms. The second-order valence-electron chi connectivity index (χ2n) is 6.69. The van der Waals surface area contributed by atoms with E-state index in [9.17, 15) is 9.59 Å². The molecule has 1 N–H and O–H groups in total. The van der Waals surface area contributed by atoms with E-state index in [1.54, 1.807) is 6.07 Å². The maximum atomic E-state index is 12.9. The average Bonchev–Trinajstić information content (AvgIpc) is 3.23. The van der Waals surface area contributed by atoms with Crippen molar-refractivity contribution in [2.45, 2.75) is 19.8 Å². The quantitative estimate of drug-likeness (QED) is 0.776. The van der Waals surface area contributed by atoms with Gasteiger partial charge in [-0.05, 0) is 43.5 Å². The molecule has 3 aromatic rings. The second-order valence-corrected chi connectivity index (χ2v) is 6.69. The summed E-state index contributed by atoms with van der Waals surface area (Å²) in [5.74, 6) is -0.422. The van der Waals surface area contributed by atoms with Crippen molar-refractivity contribution in [3.63, 3.8) is 0 Å². The van der Waals surface area contributed by atoms with Crippen molar-refractivity contribution >= 4 is 28.5 Å². The first-order chi connectivity index (χ1) is 13.1. The van der Waals surface area contributed by atoms with Gasteiger partial charge < -0.3 is 10.2 Å². The average molecular weight is 360 g/mol. The van der Waals surface area contributed by atoms with E-state index in [0.29, 0.717) is 16.8 Å². The highest BCUT2D eigenvalue weighted by molar-refractivity contribution is 6.09. The number of aromatic nitrogens is 2. The largest absolute Gasteiger partial charge is 0.339 e. The Balaban J connectivity index is 1.64. The van der Waals surface area contributed by atoms with Crippen LogP contribution in [-0.2, 0) is 0 Å². The smallest absolute Gasteiger partial charge is 0.275 e. The summed E-state index contributed by atoms with van der Waals surface area (Å²) in [6, 6.07) is 12.9. The minimum atomic E-state index is -0.377. The van der Waals surface area contributed by atoms with Gasteiger partial charge in [0, 0.05) is 13.1 Å². The van der Waals surface area contributed by atoms with Crippen LogP contribution in [0.25, 0.3) is 11.0 Å². The van der Waals surface area contributed by atoms with Crippen LogP contribution < -0.4 is 5.32 Å². The highest BCUT2D eigenvalue weighted by atomic mass is 16.2. The molecule has 1 aromatic heterocycles. The molecule has 1 aliphatic rings. The van der Waals surface area contributed by atoms with Gasteiger partial charge >= 0.3 is 0 Å². The van der Waals surface area contributed by atoms with Gasteiger partial charge in [0.15, 0.2) is 0 Å². The zero-order chi connectivity index (χ0) is 18.8. The molecule has 0 saturated carbocycles. The minimum Gasteiger partial charge on any atom is -0.339 e. The summed E-state index contributed by atoms with van der Waals surface area (Å²) >= 11 is 0. The number of hydrogen-bond acceptors (Lipinski definition) is 4. The van der Waals surface area contributed by atoms with Gasteiger partial charge in [0.25, 0.3) is 11.8 Å². The van der Waals surface area contributed by atoms with Gasteiger partial charge in [0.05, 0.1) is 28.5 Å². The lowest BCUT2D eigenvalue weighted by Gasteiger charge is -2.19. The topological polar surface area (TPSA) is 75.2 Å². The molecule has 0 unspecified atom stereocenters. The molecular weight excluding hydrogens is 340 g/mol. The van der Waals surface area contributed by atoms with E-state index in [-0.39, 0.29) is 17.5 Å². The van der Waals surface area contributed by atoms with E-state index >= 15 is 0 Å². The monoisotopic (exact) mass is 360 g/mol. The minimum absolute atomic E-state index is 0.0453. The van der Waals surface area contributed by atoms with Gasteiger partial charge in [-0.3, -0.25) is 14.6 Å². The van der Waals surface area contributed by atoms with E-state index in [1.165, 1.54) is 6.20 Å². The van der Waals surface area contributed by atoms with E-state index in [0.717, 1.165) is 37.0 Å². The van der Waals surface area contributed by atoms with E-state index in [2.05, 4.69) is 15.3 Å². The van der Waals surface area contributed by atoms with Crippen LogP contribution in [0.2, 0.25) is 0 Å². The summed E-state index contributed by atoms with van der Waals surface area (Å²) in [6.07, 6.45) is 3.50. The number of rotatable bonds is 3. The SMILES string of the molecule is Cc1cccc(C(=O)N2CCCC2)c1NC(=O)c1cnc2ccccc2n1. The molecule has 1 aliphatic heterocycles. The lowest BCUT2D eigenvalue weighted by atomic mass is 10.1. The number of amides is 2. The van der Waals surface area contributed by atoms with Crippen LogP contribution in [0.4, 0.5) is 5.69 Å². The third kappa shape index (κ3) is 3.38. The zero-order valence-corrected chi connectivity index (χ0v) is 15.1. The molecule has 0 spiro atoms. The molecule has 2 heterocycles. The number of hydrogen-bond donors (Lipinski definition) is 1. The summed E-state index contributed by atoms with van der Waals surface area (Å²) in [5.41, 5.74) is 3.49. The first kappa shape index (κ1) is 17.1. The van der Waals surface area contributed by atoms with E-state index < -0.39 is 0 Å². The highest BCUT2D eigenvalue weighted by Gasteiger charge is 2.23. The Hall–Kier alpha value is -3.28. The summed E-state index contributed by atoms with van der Waals surface area (Å²) in [7, 11) is 0. The Morgan fingerprint density at radius 3 is 2.52 bits per heavy atom. The fourth-order valence-corrected chi connectivity index (χ4v) is 3.35. The van der Waals surface area contributed by atoms with Crippen LogP contribution in [0.3, 0.4) is 0 Å². The first-order valence-corrected chi connectivity index (χ1v) is 9.05. The first-order valence-electron chi connectivity index (χ1n) is 9.05. The van der Waals surface area contributed by atoms with Gasteiger partial charge in [-0.1, -0.05) is 24.3 Å². The molecule has 6 nitrogen and oxygen atoms in total. The fourth-order valence-electron chi connectivity index (χ4n) is 3.35. The van der Waals surface area contributed by atoms with Crippen molar-refractivity contribution in [3.05, 3.63) is 65.5 Å². The molecule has 0 radical (unpaired) electrons. The molecule has 2 aromatic carbocycles. The van der Waals surface area contributed by atoms with Crippen molar-refractivity contribution in [3.8, 4) is 0 Å². The number of carbonyl (C=O) groups is 2. The van der Waals surface area contributed by atoms with Gasteiger partial charge in [-0.15, -0.1) is 0 Å². The van der Waals surface area contributed by atoms with Crippen LogP contribution in [0.15, 0.2) is 48.7 Å². The second kappa shape index (κ2) is 7.15. The predicted octanol–water partition coefficient (Wildman–Crippen LogP) is 3.43. The maximum Gasteiger partial charge on any atom is 0.275 e. The number of anilines is 1. The van der Waals surface area contributed by atoms with Gasteiger partial charge in [0.1, 0.15) is 5.69 Å². The Morgan fingerprint density at radius 1 is 1.00 bits per heavy atom. The van der Waals surface area contributed by atoms with Crippen LogP contribution in [-0.4, -0.2) is 39.8 Å². The van der Waals surface area contributed by atoms with Crippen LogP contribution in [0.1, 0.15) is 39.3 Å². The summed E-state index contributed by atoms with van der Waals surface area (Å²) in [4.78, 5) is 36.1. The van der Waals surface area contributed by atoms with Gasteiger partial charge in [-0.2, -0.15) is 0 Å². The Bertz CT molecular complexity index is 1030. The lowest BCUT2D eigenvalue weighted by Crippen LogP contribution is -2.29. The lowest BCUT2D eigenvalue weighted by molar-refractivity contribution is 0.0794. The normalized spacial score (nSPS) is 13.7. The Labute approximate surface area is 157 Å². The summed E-state index contributed by atoms with van der Waals surface area (Å²) in [6.45, 7) is 3.40. The highest BCUT2D eigenvalue weighted by Crippen LogP contribution is 2.24. The Morgan fingerprint density at radius 2 is 1.74 bits per heavy atom. The molecule has 2 amide bonds. The standard InChI is InChI=1S/C21H20N4O2/c1-14-7-6-8-15(21(27)25-11-4-5-12-25)19(14)24-20(26)18-13-22-16-9-2-3-10-17(16)23-18/h2-3,6-10,13H,4-5,11-12H2,1H3,(H,24,26). The van der Waals surface area contributed by atoms with Crippen molar-refractivity contribution in [2.24, 2.45) is 0 Å². The molecule has 1 saturated heterocycles. The molecule has 0 bridgehead atoms. The number of carbonyl (C=O) groups excluding carboxylic acids is 2. The summed E-state index contributed by atoms with van der Waals surface area (Å²) in [5, 5.41) is 2.88. The van der Waals surface area contributed by atoms with Gasteiger partial charge in [-0.25, -0.2) is 4.98 Å². The van der Waals surface area contributed by atoms with Crippen molar-refractivity contribution in [2.75, 3.05) is 18.4 Å². The van der Waals surface area contributed by atoms with Crippen LogP contribution in [0.5, 0.6) is 0 Å². The third-order valence-electron chi connectivity index (χ3n) is 4.82. The van der Waals surface area contributed by atoms with Gasteiger partial charge in [0.2, 0.25) is 0 Å². The molecule has 4 rings (SSSR count). The number of benzene rings is 2. The molecule has 0 aliphatic carbocycles. The van der Waals surface area contributed by atoms with E-state index in [1.807, 2.05) is 48.2 Å². The number of para-hydroxylation sites is 3. The molecule has 136 valence electrons. The number of likely N-dealkylation sites (tertiary alicyclic amines) is 1. The molecule has 1 fully saturated rings. The third-order valence-corrected chi connectivity index (χ3v) is 4.82. The maximum absolute atomic E-state index is 12.9. The van der Waals surface area contributed by atoms with Crippen LogP contribution in [0, 0.1) is 6.92 Å². The number of aryl methyl sites for hydroxylation is 1. The van der Waals surface area contributed by atoms with Crippen molar-refractivity contribution < 1.29 is 9.59 Å². The fraction of sp³-hybridized carbons (Fsp3) is 0.238. The Kier molecular flexibility index (Phi) is 4.54. The molecule has 0 atom stereocenters. The number of nitrogens with zero attached hydrogens (tertiary/aromatic N) is 3. The van der Waals surface area contributed by atoms with Crippen molar-refractivity contribution in [1.82, 2.24) is 14.9 Å². The van der Waals surface area contributed by atoms with Crippen molar-refractivity contribution in [1.29, 1.82) is 0 Å².